The number of carbonyl (C=O) groups is 1. The van der Waals surface area contributed by atoms with Gasteiger partial charge in [0.1, 0.15) is 0 Å². The molecule has 6 nitrogen and oxygen atoms in total. The summed E-state index contributed by atoms with van der Waals surface area (Å²) >= 11 is 0. The normalized spacial score (nSPS) is 18.0. The Balaban J connectivity index is 2.21. The highest BCUT2D eigenvalue weighted by atomic mass is 32.2. The molecule has 0 aliphatic heterocycles. The van der Waals surface area contributed by atoms with Crippen LogP contribution < -0.4 is 15.8 Å². The van der Waals surface area contributed by atoms with Crippen LogP contribution in [-0.2, 0) is 10.0 Å². The molecule has 0 radical (unpaired) electrons. The summed E-state index contributed by atoms with van der Waals surface area (Å²) < 4.78 is 27.6. The van der Waals surface area contributed by atoms with Crippen molar-refractivity contribution in [3.05, 3.63) is 29.8 Å². The lowest BCUT2D eigenvalue weighted by molar-refractivity contribution is 0.0963. The molecule has 0 saturated heterocycles. The molecule has 1 amide bonds. The zero-order valence-electron chi connectivity index (χ0n) is 12.2. The Kier molecular flexibility index (Phi) is 4.36. The summed E-state index contributed by atoms with van der Waals surface area (Å²) in [5, 5.41) is 2.49. The lowest BCUT2D eigenvalue weighted by Gasteiger charge is -2.29. The first kappa shape index (κ1) is 15.9. The maximum absolute atomic E-state index is 12.4. The summed E-state index contributed by atoms with van der Waals surface area (Å²) in [5.41, 5.74) is 5.54. The Morgan fingerprint density at radius 1 is 1.33 bits per heavy atom. The third-order valence-electron chi connectivity index (χ3n) is 3.92. The molecule has 7 heteroatoms. The van der Waals surface area contributed by atoms with Crippen LogP contribution in [0, 0.1) is 5.92 Å². The van der Waals surface area contributed by atoms with Crippen LogP contribution in [0.15, 0.2) is 29.2 Å². The van der Waals surface area contributed by atoms with Gasteiger partial charge in [0.15, 0.2) is 0 Å². The number of hydrogen-bond acceptors (Lipinski definition) is 4. The second kappa shape index (κ2) is 5.75. The Hall–Kier alpha value is -1.44. The maximum Gasteiger partial charge on any atom is 0.251 e. The van der Waals surface area contributed by atoms with E-state index in [9.17, 15) is 13.2 Å². The van der Waals surface area contributed by atoms with Gasteiger partial charge in [-0.2, -0.15) is 0 Å². The molecule has 1 aromatic rings. The monoisotopic (exact) mass is 311 g/mol. The van der Waals surface area contributed by atoms with Gasteiger partial charge >= 0.3 is 0 Å². The van der Waals surface area contributed by atoms with E-state index in [1.54, 1.807) is 0 Å². The highest BCUT2D eigenvalue weighted by molar-refractivity contribution is 7.89. The van der Waals surface area contributed by atoms with Crippen LogP contribution in [0.25, 0.3) is 0 Å². The van der Waals surface area contributed by atoms with Gasteiger partial charge in [0.25, 0.3) is 5.91 Å². The molecule has 0 bridgehead atoms. The molecular weight excluding hydrogens is 290 g/mol. The molecule has 0 heterocycles. The summed E-state index contributed by atoms with van der Waals surface area (Å²) in [7, 11) is -2.12. The lowest BCUT2D eigenvalue weighted by atomic mass is 9.98. The van der Waals surface area contributed by atoms with Gasteiger partial charge in [0.2, 0.25) is 10.0 Å². The number of hydrogen-bond donors (Lipinski definition) is 3. The Morgan fingerprint density at radius 3 is 2.33 bits per heavy atom. The van der Waals surface area contributed by atoms with E-state index in [0.29, 0.717) is 11.5 Å². The first-order valence-electron chi connectivity index (χ1n) is 6.88. The van der Waals surface area contributed by atoms with Crippen LogP contribution in [0.3, 0.4) is 0 Å². The minimum Gasteiger partial charge on any atom is -0.355 e. The van der Waals surface area contributed by atoms with Crippen molar-refractivity contribution in [1.29, 1.82) is 0 Å². The fraction of sp³-hybridized carbons (Fsp3) is 0.500. The SMILES string of the molecule is CNC(=O)c1ccc(S(=O)(=O)NC(C)(CN)C2CC2)cc1. The van der Waals surface area contributed by atoms with Gasteiger partial charge in [-0.25, -0.2) is 13.1 Å². The Labute approximate surface area is 125 Å². The van der Waals surface area contributed by atoms with Crippen molar-refractivity contribution in [2.75, 3.05) is 13.6 Å². The highest BCUT2D eigenvalue weighted by Gasteiger charge is 2.43. The molecule has 1 aliphatic carbocycles. The van der Waals surface area contributed by atoms with Crippen molar-refractivity contribution < 1.29 is 13.2 Å². The number of nitrogens with two attached hydrogens (primary N) is 1. The van der Waals surface area contributed by atoms with Crippen molar-refractivity contribution in [2.45, 2.75) is 30.2 Å². The zero-order valence-corrected chi connectivity index (χ0v) is 13.0. The summed E-state index contributed by atoms with van der Waals surface area (Å²) in [6.07, 6.45) is 1.98. The molecule has 1 aromatic carbocycles. The van der Waals surface area contributed by atoms with Gasteiger partial charge < -0.3 is 11.1 Å². The van der Waals surface area contributed by atoms with Crippen molar-refractivity contribution in [1.82, 2.24) is 10.0 Å². The quantitative estimate of drug-likeness (QED) is 0.710. The summed E-state index contributed by atoms with van der Waals surface area (Å²) in [5.74, 6) is 0.0408. The van der Waals surface area contributed by atoms with Crippen LogP contribution in [-0.4, -0.2) is 33.5 Å². The van der Waals surface area contributed by atoms with Crippen LogP contribution >= 0.6 is 0 Å². The second-order valence-corrected chi connectivity index (χ2v) is 7.29. The molecule has 2 rings (SSSR count). The molecule has 0 aromatic heterocycles. The summed E-state index contributed by atoms with van der Waals surface area (Å²) in [6.45, 7) is 2.09. The largest absolute Gasteiger partial charge is 0.355 e. The van der Waals surface area contributed by atoms with E-state index >= 15 is 0 Å². The predicted octanol–water partition coefficient (Wildman–Crippen LogP) is 0.452. The van der Waals surface area contributed by atoms with E-state index in [4.69, 9.17) is 5.73 Å². The molecule has 1 fully saturated rings. The summed E-state index contributed by atoms with van der Waals surface area (Å²) in [6, 6.07) is 5.84. The molecule has 1 aliphatic rings. The molecule has 1 atom stereocenters. The molecule has 1 unspecified atom stereocenters. The second-order valence-electron chi connectivity index (χ2n) is 5.60. The molecule has 0 spiro atoms. The fourth-order valence-electron chi connectivity index (χ4n) is 2.31. The maximum atomic E-state index is 12.4. The number of carbonyl (C=O) groups excluding carboxylic acids is 1. The van der Waals surface area contributed by atoms with E-state index < -0.39 is 15.6 Å². The summed E-state index contributed by atoms with van der Waals surface area (Å²) in [4.78, 5) is 11.6. The van der Waals surface area contributed by atoms with Crippen molar-refractivity contribution in [2.24, 2.45) is 11.7 Å². The molecule has 116 valence electrons. The number of amides is 1. The van der Waals surface area contributed by atoms with Crippen LogP contribution in [0.5, 0.6) is 0 Å². The van der Waals surface area contributed by atoms with Gasteiger partial charge in [0.05, 0.1) is 4.90 Å². The van der Waals surface area contributed by atoms with E-state index in [-0.39, 0.29) is 17.3 Å². The third-order valence-corrected chi connectivity index (χ3v) is 5.55. The van der Waals surface area contributed by atoms with Crippen LogP contribution in [0.1, 0.15) is 30.1 Å². The topological polar surface area (TPSA) is 101 Å². The van der Waals surface area contributed by atoms with E-state index in [0.717, 1.165) is 12.8 Å². The number of rotatable bonds is 6. The van der Waals surface area contributed by atoms with Gasteiger partial charge in [-0.15, -0.1) is 0 Å². The number of sulfonamides is 1. The van der Waals surface area contributed by atoms with Gasteiger partial charge in [-0.3, -0.25) is 4.79 Å². The van der Waals surface area contributed by atoms with E-state index in [1.165, 1.54) is 31.3 Å². The minimum atomic E-state index is -3.65. The Bertz CT molecular complexity index is 623. The van der Waals surface area contributed by atoms with Crippen LogP contribution in [0.2, 0.25) is 0 Å². The molecular formula is C14H21N3O3S. The number of nitrogens with one attached hydrogen (secondary N) is 2. The third kappa shape index (κ3) is 3.42. The van der Waals surface area contributed by atoms with Gasteiger partial charge in [-0.05, 0) is 49.9 Å². The average Bonchev–Trinajstić information content (AvgIpc) is 3.31. The number of benzene rings is 1. The average molecular weight is 311 g/mol. The predicted molar refractivity (Wildman–Crippen MR) is 80.3 cm³/mol. The van der Waals surface area contributed by atoms with Gasteiger partial charge in [0, 0.05) is 24.7 Å². The van der Waals surface area contributed by atoms with Crippen molar-refractivity contribution in [3.63, 3.8) is 0 Å². The smallest absolute Gasteiger partial charge is 0.251 e. The molecule has 4 N–H and O–H groups in total. The standard InChI is InChI=1S/C14H21N3O3S/c1-14(9-15,11-5-6-11)17-21(19,20)12-7-3-10(4-8-12)13(18)16-2/h3-4,7-8,11,17H,5-6,9,15H2,1-2H3,(H,16,18). The highest BCUT2D eigenvalue weighted by Crippen LogP contribution is 2.39. The van der Waals surface area contributed by atoms with Crippen LogP contribution in [0.4, 0.5) is 0 Å². The molecule has 1 saturated carbocycles. The van der Waals surface area contributed by atoms with E-state index in [1.807, 2.05) is 6.92 Å². The first-order chi connectivity index (χ1) is 9.82. The van der Waals surface area contributed by atoms with Crippen molar-refractivity contribution in [3.8, 4) is 0 Å². The van der Waals surface area contributed by atoms with E-state index in [2.05, 4.69) is 10.0 Å². The van der Waals surface area contributed by atoms with Gasteiger partial charge in [-0.1, -0.05) is 0 Å². The molecule has 21 heavy (non-hydrogen) atoms. The first-order valence-corrected chi connectivity index (χ1v) is 8.37. The van der Waals surface area contributed by atoms with Crippen molar-refractivity contribution >= 4 is 15.9 Å². The Morgan fingerprint density at radius 2 is 1.90 bits per heavy atom. The lowest BCUT2D eigenvalue weighted by Crippen LogP contribution is -2.52. The minimum absolute atomic E-state index is 0.135. The zero-order chi connectivity index (χ0) is 15.7. The fourth-order valence-corrected chi connectivity index (χ4v) is 3.78.